The number of aromatic nitrogens is 1. The standard InChI is InChI=1S/C19H18Cl2N4O2/c20-13-10-23-11-14(21)17(13)24-5-7-25(8-6-24)18(19(22)26)16-9-12-3-1-2-4-15(12)27-16/h1-4,9-11,18H,5-8H2,(H2,22,26). The van der Waals surface area contributed by atoms with E-state index in [0.717, 1.165) is 16.7 Å². The summed E-state index contributed by atoms with van der Waals surface area (Å²) >= 11 is 12.5. The maximum absolute atomic E-state index is 12.2. The third kappa shape index (κ3) is 3.48. The minimum absolute atomic E-state index is 0.428. The summed E-state index contributed by atoms with van der Waals surface area (Å²) in [5.41, 5.74) is 7.22. The quantitative estimate of drug-likeness (QED) is 0.719. The van der Waals surface area contributed by atoms with Crippen molar-refractivity contribution in [1.29, 1.82) is 0 Å². The minimum atomic E-state index is -0.608. The average molecular weight is 405 g/mol. The van der Waals surface area contributed by atoms with Crippen molar-refractivity contribution < 1.29 is 9.21 Å². The van der Waals surface area contributed by atoms with Gasteiger partial charge in [0.25, 0.3) is 0 Å². The third-order valence-corrected chi connectivity index (χ3v) is 5.36. The number of benzene rings is 1. The van der Waals surface area contributed by atoms with E-state index in [-0.39, 0.29) is 0 Å². The first kappa shape index (κ1) is 18.1. The molecule has 2 aromatic heterocycles. The number of carbonyl (C=O) groups excluding carboxylic acids is 1. The zero-order valence-electron chi connectivity index (χ0n) is 14.4. The van der Waals surface area contributed by atoms with E-state index >= 15 is 0 Å². The van der Waals surface area contributed by atoms with E-state index in [1.807, 2.05) is 35.2 Å². The number of fused-ring (bicyclic) bond motifs is 1. The number of para-hydroxylation sites is 1. The Balaban J connectivity index is 1.55. The molecule has 1 fully saturated rings. The Morgan fingerprint density at radius 1 is 1.11 bits per heavy atom. The first-order chi connectivity index (χ1) is 13.0. The van der Waals surface area contributed by atoms with Crippen LogP contribution in [0.3, 0.4) is 0 Å². The topological polar surface area (TPSA) is 75.6 Å². The third-order valence-electron chi connectivity index (χ3n) is 4.81. The summed E-state index contributed by atoms with van der Waals surface area (Å²) in [5, 5.41) is 1.98. The summed E-state index contributed by atoms with van der Waals surface area (Å²) in [4.78, 5) is 20.3. The van der Waals surface area contributed by atoms with Gasteiger partial charge in [0.2, 0.25) is 5.91 Å². The van der Waals surface area contributed by atoms with Crippen LogP contribution in [0.2, 0.25) is 10.0 Å². The highest BCUT2D eigenvalue weighted by Crippen LogP contribution is 2.34. The molecular formula is C19H18Cl2N4O2. The van der Waals surface area contributed by atoms with Gasteiger partial charge in [-0.2, -0.15) is 0 Å². The van der Waals surface area contributed by atoms with Crippen molar-refractivity contribution >= 4 is 45.8 Å². The van der Waals surface area contributed by atoms with E-state index in [9.17, 15) is 4.79 Å². The van der Waals surface area contributed by atoms with Crippen molar-refractivity contribution in [3.63, 3.8) is 0 Å². The summed E-state index contributed by atoms with van der Waals surface area (Å²) in [5.74, 6) is 0.139. The highest BCUT2D eigenvalue weighted by molar-refractivity contribution is 6.38. The fourth-order valence-electron chi connectivity index (χ4n) is 3.55. The first-order valence-electron chi connectivity index (χ1n) is 8.60. The highest BCUT2D eigenvalue weighted by Gasteiger charge is 2.32. The lowest BCUT2D eigenvalue weighted by molar-refractivity contribution is -0.124. The molecule has 1 unspecified atom stereocenters. The van der Waals surface area contributed by atoms with Crippen LogP contribution < -0.4 is 10.6 Å². The Bertz CT molecular complexity index is 930. The summed E-state index contributed by atoms with van der Waals surface area (Å²) in [7, 11) is 0. The number of halogens is 2. The Morgan fingerprint density at radius 2 is 1.78 bits per heavy atom. The maximum atomic E-state index is 12.2. The number of pyridine rings is 1. The molecule has 4 rings (SSSR count). The minimum Gasteiger partial charge on any atom is -0.459 e. The van der Waals surface area contributed by atoms with E-state index in [0.29, 0.717) is 42.0 Å². The van der Waals surface area contributed by atoms with Crippen molar-refractivity contribution in [2.75, 3.05) is 31.1 Å². The highest BCUT2D eigenvalue weighted by atomic mass is 35.5. The van der Waals surface area contributed by atoms with Gasteiger partial charge in [0.15, 0.2) is 0 Å². The molecule has 3 aromatic rings. The van der Waals surface area contributed by atoms with Gasteiger partial charge in [-0.15, -0.1) is 0 Å². The fraction of sp³-hybridized carbons (Fsp3) is 0.263. The fourth-order valence-corrected chi connectivity index (χ4v) is 4.15. The van der Waals surface area contributed by atoms with Crippen molar-refractivity contribution in [3.8, 4) is 0 Å². The number of rotatable bonds is 4. The smallest absolute Gasteiger partial charge is 0.242 e. The molecule has 0 radical (unpaired) electrons. The van der Waals surface area contributed by atoms with E-state index in [4.69, 9.17) is 33.4 Å². The molecule has 1 aromatic carbocycles. The molecule has 0 aliphatic carbocycles. The number of amides is 1. The van der Waals surface area contributed by atoms with Gasteiger partial charge in [0.05, 0.1) is 15.7 Å². The lowest BCUT2D eigenvalue weighted by Gasteiger charge is -2.38. The Morgan fingerprint density at radius 3 is 2.41 bits per heavy atom. The van der Waals surface area contributed by atoms with Crippen LogP contribution in [0.5, 0.6) is 0 Å². The van der Waals surface area contributed by atoms with Crippen LogP contribution >= 0.6 is 23.2 Å². The molecule has 27 heavy (non-hydrogen) atoms. The molecule has 1 aliphatic heterocycles. The van der Waals surface area contributed by atoms with Gasteiger partial charge < -0.3 is 15.1 Å². The molecule has 0 spiro atoms. The molecular weight excluding hydrogens is 387 g/mol. The zero-order valence-corrected chi connectivity index (χ0v) is 16.0. The summed E-state index contributed by atoms with van der Waals surface area (Å²) < 4.78 is 5.89. The zero-order chi connectivity index (χ0) is 19.0. The van der Waals surface area contributed by atoms with Crippen LogP contribution in [0.25, 0.3) is 11.0 Å². The van der Waals surface area contributed by atoms with E-state index < -0.39 is 11.9 Å². The van der Waals surface area contributed by atoms with Crippen LogP contribution in [0.15, 0.2) is 47.1 Å². The van der Waals surface area contributed by atoms with Crippen molar-refractivity contribution in [1.82, 2.24) is 9.88 Å². The number of nitrogens with two attached hydrogens (primary N) is 1. The molecule has 140 valence electrons. The first-order valence-corrected chi connectivity index (χ1v) is 9.36. The molecule has 6 nitrogen and oxygen atoms in total. The van der Waals surface area contributed by atoms with Crippen LogP contribution in [-0.4, -0.2) is 42.0 Å². The molecule has 0 bridgehead atoms. The number of furan rings is 1. The predicted octanol–water partition coefficient (Wildman–Crippen LogP) is 3.48. The molecule has 3 heterocycles. The normalized spacial score (nSPS) is 16.6. The van der Waals surface area contributed by atoms with Gasteiger partial charge in [-0.05, 0) is 12.1 Å². The van der Waals surface area contributed by atoms with Crippen LogP contribution in [-0.2, 0) is 4.79 Å². The summed E-state index contributed by atoms with van der Waals surface area (Å²) in [6, 6.07) is 8.93. The lowest BCUT2D eigenvalue weighted by Crippen LogP contribution is -2.50. The molecule has 1 saturated heterocycles. The largest absolute Gasteiger partial charge is 0.459 e. The number of hydrogen-bond acceptors (Lipinski definition) is 5. The van der Waals surface area contributed by atoms with Crippen LogP contribution in [0.4, 0.5) is 5.69 Å². The second-order valence-electron chi connectivity index (χ2n) is 6.47. The Kier molecular flexibility index (Phi) is 4.95. The van der Waals surface area contributed by atoms with Gasteiger partial charge in [0, 0.05) is 44.0 Å². The van der Waals surface area contributed by atoms with Gasteiger partial charge in [-0.1, -0.05) is 41.4 Å². The maximum Gasteiger partial charge on any atom is 0.242 e. The lowest BCUT2D eigenvalue weighted by atomic mass is 10.1. The van der Waals surface area contributed by atoms with E-state index in [2.05, 4.69) is 9.88 Å². The summed E-state index contributed by atoms with van der Waals surface area (Å²) in [6.07, 6.45) is 3.16. The SMILES string of the molecule is NC(=O)C(c1cc2ccccc2o1)N1CCN(c2c(Cl)cncc2Cl)CC1. The second-order valence-corrected chi connectivity index (χ2v) is 7.28. The van der Waals surface area contributed by atoms with Crippen molar-refractivity contribution in [2.24, 2.45) is 5.73 Å². The van der Waals surface area contributed by atoms with Gasteiger partial charge in [0.1, 0.15) is 17.4 Å². The van der Waals surface area contributed by atoms with E-state index in [1.165, 1.54) is 0 Å². The second kappa shape index (κ2) is 7.38. The molecule has 1 amide bonds. The average Bonchev–Trinajstić information content (AvgIpc) is 3.06. The number of primary amides is 1. The number of piperazine rings is 1. The monoisotopic (exact) mass is 404 g/mol. The Hall–Kier alpha value is -2.28. The number of hydrogen-bond donors (Lipinski definition) is 1. The molecule has 2 N–H and O–H groups in total. The van der Waals surface area contributed by atoms with Gasteiger partial charge in [-0.3, -0.25) is 14.7 Å². The van der Waals surface area contributed by atoms with Crippen LogP contribution in [0, 0.1) is 0 Å². The Labute approximate surface area is 166 Å². The van der Waals surface area contributed by atoms with Gasteiger partial charge in [-0.25, -0.2) is 0 Å². The van der Waals surface area contributed by atoms with Crippen molar-refractivity contribution in [3.05, 3.63) is 58.5 Å². The molecule has 1 aliphatic rings. The number of anilines is 1. The van der Waals surface area contributed by atoms with Gasteiger partial charge >= 0.3 is 0 Å². The predicted molar refractivity (Wildman–Crippen MR) is 106 cm³/mol. The number of carbonyl (C=O) groups is 1. The molecule has 8 heteroatoms. The van der Waals surface area contributed by atoms with Crippen molar-refractivity contribution in [2.45, 2.75) is 6.04 Å². The molecule has 1 atom stereocenters. The summed E-state index contributed by atoms with van der Waals surface area (Å²) in [6.45, 7) is 2.57. The van der Waals surface area contributed by atoms with E-state index in [1.54, 1.807) is 12.4 Å². The molecule has 0 saturated carbocycles. The van der Waals surface area contributed by atoms with Crippen LogP contribution in [0.1, 0.15) is 11.8 Å². The number of nitrogens with zero attached hydrogens (tertiary/aromatic N) is 3.